The second-order valence-corrected chi connectivity index (χ2v) is 2.80. The molecule has 0 saturated carbocycles. The van der Waals surface area contributed by atoms with Gasteiger partial charge in [-0.2, -0.15) is 4.39 Å². The van der Waals surface area contributed by atoms with Gasteiger partial charge in [-0.05, 0) is 17.9 Å². The fourth-order valence-electron chi connectivity index (χ4n) is 1.30. The molecule has 0 saturated heterocycles. The van der Waals surface area contributed by atoms with E-state index in [9.17, 15) is 4.39 Å². The van der Waals surface area contributed by atoms with Crippen LogP contribution in [0.15, 0.2) is 30.5 Å². The number of rotatable bonds is 0. The van der Waals surface area contributed by atoms with Gasteiger partial charge in [0.1, 0.15) is 0 Å². The zero-order valence-corrected chi connectivity index (χ0v) is 6.71. The number of aryl methyl sites for hydroxylation is 1. The third-order valence-corrected chi connectivity index (χ3v) is 1.95. The minimum Gasteiger partial charge on any atom is -0.228 e. The van der Waals surface area contributed by atoms with Gasteiger partial charge in [-0.1, -0.05) is 18.2 Å². The average Bonchev–Trinajstić information content (AvgIpc) is 2.04. The van der Waals surface area contributed by atoms with E-state index in [2.05, 4.69) is 4.98 Å². The smallest absolute Gasteiger partial charge is 0.213 e. The fraction of sp³-hybridized carbons (Fsp3) is 0.100. The van der Waals surface area contributed by atoms with Crippen LogP contribution in [0.2, 0.25) is 0 Å². The summed E-state index contributed by atoms with van der Waals surface area (Å²) >= 11 is 0. The number of pyridine rings is 1. The van der Waals surface area contributed by atoms with Crippen molar-refractivity contribution >= 4 is 10.8 Å². The van der Waals surface area contributed by atoms with Crippen LogP contribution in [-0.4, -0.2) is 4.98 Å². The first-order valence-electron chi connectivity index (χ1n) is 3.78. The predicted octanol–water partition coefficient (Wildman–Crippen LogP) is 2.68. The number of benzene rings is 1. The molecule has 0 fully saturated rings. The first kappa shape index (κ1) is 7.22. The van der Waals surface area contributed by atoms with E-state index in [4.69, 9.17) is 0 Å². The van der Waals surface area contributed by atoms with Crippen LogP contribution >= 0.6 is 0 Å². The van der Waals surface area contributed by atoms with E-state index in [0.717, 1.165) is 16.3 Å². The molecule has 0 amide bonds. The maximum Gasteiger partial charge on any atom is 0.213 e. The van der Waals surface area contributed by atoms with E-state index >= 15 is 0 Å². The van der Waals surface area contributed by atoms with Gasteiger partial charge in [0.15, 0.2) is 0 Å². The highest BCUT2D eigenvalue weighted by molar-refractivity contribution is 5.84. The zero-order chi connectivity index (χ0) is 8.55. The van der Waals surface area contributed by atoms with Crippen LogP contribution in [0.3, 0.4) is 0 Å². The first-order chi connectivity index (χ1) is 5.77. The van der Waals surface area contributed by atoms with Gasteiger partial charge in [-0.25, -0.2) is 4.98 Å². The molecule has 0 aliphatic rings. The Kier molecular flexibility index (Phi) is 1.54. The molecule has 2 heteroatoms. The van der Waals surface area contributed by atoms with Crippen molar-refractivity contribution in [1.29, 1.82) is 0 Å². The molecule has 0 N–H and O–H groups in total. The van der Waals surface area contributed by atoms with Crippen LogP contribution in [0.4, 0.5) is 4.39 Å². The van der Waals surface area contributed by atoms with Crippen molar-refractivity contribution in [2.24, 2.45) is 0 Å². The fourth-order valence-corrected chi connectivity index (χ4v) is 1.30. The Morgan fingerprint density at radius 2 is 2.17 bits per heavy atom. The Morgan fingerprint density at radius 1 is 1.33 bits per heavy atom. The molecule has 0 bridgehead atoms. The van der Waals surface area contributed by atoms with Crippen LogP contribution in [-0.2, 0) is 0 Å². The Bertz CT molecular complexity index is 423. The van der Waals surface area contributed by atoms with E-state index in [1.54, 1.807) is 6.20 Å². The maximum atomic E-state index is 12.7. The van der Waals surface area contributed by atoms with Crippen LogP contribution in [0.5, 0.6) is 0 Å². The summed E-state index contributed by atoms with van der Waals surface area (Å²) in [5.41, 5.74) is 1.13. The van der Waals surface area contributed by atoms with E-state index < -0.39 is 5.95 Å². The van der Waals surface area contributed by atoms with Crippen molar-refractivity contribution in [3.8, 4) is 0 Å². The molecular weight excluding hydrogens is 153 g/mol. The van der Waals surface area contributed by atoms with Gasteiger partial charge < -0.3 is 0 Å². The van der Waals surface area contributed by atoms with E-state index in [1.807, 2.05) is 25.1 Å². The second-order valence-electron chi connectivity index (χ2n) is 2.80. The highest BCUT2D eigenvalue weighted by Gasteiger charge is 1.97. The molecule has 1 heterocycles. The van der Waals surface area contributed by atoms with Crippen molar-refractivity contribution in [1.82, 2.24) is 4.98 Å². The summed E-state index contributed by atoms with van der Waals surface area (Å²) < 4.78 is 12.7. The normalized spacial score (nSPS) is 10.5. The summed E-state index contributed by atoms with van der Waals surface area (Å²) in [6.07, 6.45) is 1.57. The van der Waals surface area contributed by atoms with Crippen molar-refractivity contribution in [3.63, 3.8) is 0 Å². The minimum atomic E-state index is -0.423. The molecule has 0 aliphatic heterocycles. The van der Waals surface area contributed by atoms with Gasteiger partial charge in [0.05, 0.1) is 0 Å². The van der Waals surface area contributed by atoms with Gasteiger partial charge in [0.25, 0.3) is 0 Å². The number of fused-ring (bicyclic) bond motifs is 1. The molecule has 2 rings (SSSR count). The molecule has 0 spiro atoms. The summed E-state index contributed by atoms with van der Waals surface area (Å²) in [5, 5.41) is 1.92. The lowest BCUT2D eigenvalue weighted by atomic mass is 10.1. The van der Waals surface area contributed by atoms with Crippen molar-refractivity contribution in [3.05, 3.63) is 42.0 Å². The SMILES string of the molecule is Cc1cccc2cc(F)ncc12. The molecule has 0 atom stereocenters. The number of aromatic nitrogens is 1. The summed E-state index contributed by atoms with van der Waals surface area (Å²) in [6.45, 7) is 1.99. The second kappa shape index (κ2) is 2.55. The first-order valence-corrected chi connectivity index (χ1v) is 3.78. The molecule has 12 heavy (non-hydrogen) atoms. The molecular formula is C10H8FN. The van der Waals surface area contributed by atoms with Crippen molar-refractivity contribution in [2.45, 2.75) is 6.92 Å². The van der Waals surface area contributed by atoms with Crippen LogP contribution in [0.25, 0.3) is 10.8 Å². The summed E-state index contributed by atoms with van der Waals surface area (Å²) in [6, 6.07) is 7.23. The zero-order valence-electron chi connectivity index (χ0n) is 6.71. The van der Waals surface area contributed by atoms with Gasteiger partial charge in [0.2, 0.25) is 5.95 Å². The van der Waals surface area contributed by atoms with Gasteiger partial charge in [0, 0.05) is 17.6 Å². The molecule has 0 unspecified atom stereocenters. The van der Waals surface area contributed by atoms with Crippen molar-refractivity contribution in [2.75, 3.05) is 0 Å². The molecule has 1 nitrogen and oxygen atoms in total. The monoisotopic (exact) mass is 161 g/mol. The molecule has 2 aromatic rings. The Balaban J connectivity index is 2.86. The standard InChI is InChI=1S/C10H8FN/c1-7-3-2-4-8-5-10(11)12-6-9(7)8/h2-6H,1H3. The number of nitrogens with zero attached hydrogens (tertiary/aromatic N) is 1. The van der Waals surface area contributed by atoms with Gasteiger partial charge in [-0.3, -0.25) is 0 Å². The van der Waals surface area contributed by atoms with E-state index in [1.165, 1.54) is 6.07 Å². The van der Waals surface area contributed by atoms with Crippen LogP contribution < -0.4 is 0 Å². The lowest BCUT2D eigenvalue weighted by Gasteiger charge is -1.99. The minimum absolute atomic E-state index is 0.423. The number of halogens is 1. The van der Waals surface area contributed by atoms with Crippen molar-refractivity contribution < 1.29 is 4.39 Å². The molecule has 1 aromatic carbocycles. The van der Waals surface area contributed by atoms with Crippen LogP contribution in [0.1, 0.15) is 5.56 Å². The lowest BCUT2D eigenvalue weighted by Crippen LogP contribution is -1.83. The number of hydrogen-bond acceptors (Lipinski definition) is 1. The quantitative estimate of drug-likeness (QED) is 0.541. The lowest BCUT2D eigenvalue weighted by molar-refractivity contribution is 0.586. The van der Waals surface area contributed by atoms with Gasteiger partial charge >= 0.3 is 0 Å². The summed E-state index contributed by atoms with van der Waals surface area (Å²) in [4.78, 5) is 3.60. The molecule has 60 valence electrons. The summed E-state index contributed by atoms with van der Waals surface area (Å²) in [7, 11) is 0. The molecule has 0 aliphatic carbocycles. The third kappa shape index (κ3) is 1.05. The summed E-state index contributed by atoms with van der Waals surface area (Å²) in [5.74, 6) is -0.423. The third-order valence-electron chi connectivity index (χ3n) is 1.95. The average molecular weight is 161 g/mol. The van der Waals surface area contributed by atoms with E-state index in [0.29, 0.717) is 0 Å². The molecule has 0 radical (unpaired) electrons. The Morgan fingerprint density at radius 3 is 3.00 bits per heavy atom. The Hall–Kier alpha value is -1.44. The maximum absolute atomic E-state index is 12.7. The Labute approximate surface area is 69.9 Å². The van der Waals surface area contributed by atoms with E-state index in [-0.39, 0.29) is 0 Å². The van der Waals surface area contributed by atoms with Gasteiger partial charge in [-0.15, -0.1) is 0 Å². The topological polar surface area (TPSA) is 12.9 Å². The predicted molar refractivity (Wildman–Crippen MR) is 46.4 cm³/mol. The highest BCUT2D eigenvalue weighted by Crippen LogP contribution is 2.16. The largest absolute Gasteiger partial charge is 0.228 e. The van der Waals surface area contributed by atoms with Crippen LogP contribution in [0, 0.1) is 12.9 Å². The highest BCUT2D eigenvalue weighted by atomic mass is 19.1. The number of hydrogen-bond donors (Lipinski definition) is 0. The molecule has 1 aromatic heterocycles.